The Bertz CT molecular complexity index is 550. The van der Waals surface area contributed by atoms with Gasteiger partial charge in [-0.05, 0) is 36.6 Å². The molecule has 0 saturated heterocycles. The van der Waals surface area contributed by atoms with Crippen LogP contribution in [0.25, 0.3) is 0 Å². The molecule has 0 bridgehead atoms. The number of aryl methyl sites for hydroxylation is 2. The molecular weight excluding hydrogens is 243 g/mol. The number of hydrogen-bond acceptors (Lipinski definition) is 3. The molecule has 5 heteroatoms. The van der Waals surface area contributed by atoms with Crippen LogP contribution in [0.5, 0.6) is 0 Å². The van der Waals surface area contributed by atoms with E-state index in [0.717, 1.165) is 29.7 Å². The molecule has 1 aromatic heterocycles. The molecule has 1 unspecified atom stereocenters. The molecule has 102 valence electrons. The second kappa shape index (κ2) is 5.95. The number of nitrogens with one attached hydrogen (secondary N) is 1. The smallest absolute Gasteiger partial charge is 0.123 e. The van der Waals surface area contributed by atoms with Crippen molar-refractivity contribution in [2.24, 2.45) is 5.84 Å². The highest BCUT2D eigenvalue weighted by Gasteiger charge is 2.17. The van der Waals surface area contributed by atoms with E-state index in [1.165, 1.54) is 12.1 Å². The van der Waals surface area contributed by atoms with Gasteiger partial charge in [0.25, 0.3) is 0 Å². The van der Waals surface area contributed by atoms with Crippen LogP contribution in [0.1, 0.15) is 36.1 Å². The summed E-state index contributed by atoms with van der Waals surface area (Å²) in [5.41, 5.74) is 5.50. The predicted octanol–water partition coefficient (Wildman–Crippen LogP) is 2.29. The zero-order valence-electron chi connectivity index (χ0n) is 11.2. The van der Waals surface area contributed by atoms with Gasteiger partial charge in [-0.2, -0.15) is 5.10 Å². The fourth-order valence-electron chi connectivity index (χ4n) is 2.17. The lowest BCUT2D eigenvalue weighted by atomic mass is 9.97. The van der Waals surface area contributed by atoms with Crippen molar-refractivity contribution >= 4 is 0 Å². The Morgan fingerprint density at radius 2 is 2.26 bits per heavy atom. The van der Waals surface area contributed by atoms with Gasteiger partial charge >= 0.3 is 0 Å². The molecule has 0 aliphatic rings. The first kappa shape index (κ1) is 13.7. The van der Waals surface area contributed by atoms with Crippen LogP contribution in [0.4, 0.5) is 4.39 Å². The van der Waals surface area contributed by atoms with Crippen LogP contribution < -0.4 is 11.3 Å². The molecule has 0 spiro atoms. The van der Waals surface area contributed by atoms with Crippen molar-refractivity contribution in [2.75, 3.05) is 0 Å². The Kier molecular flexibility index (Phi) is 4.29. The summed E-state index contributed by atoms with van der Waals surface area (Å²) < 4.78 is 15.3. The average molecular weight is 262 g/mol. The summed E-state index contributed by atoms with van der Waals surface area (Å²) in [7, 11) is 0. The summed E-state index contributed by atoms with van der Waals surface area (Å²) in [6, 6.07) is 4.47. The third kappa shape index (κ3) is 3.00. The second-order valence-electron chi connectivity index (χ2n) is 4.64. The van der Waals surface area contributed by atoms with Gasteiger partial charge in [-0.25, -0.2) is 9.82 Å². The standard InChI is InChI=1S/C14H19FN4/c1-3-6-19-9-11(8-17-19)14(18-16)13-7-12(15)5-4-10(13)2/h4-5,7-9,14,18H,3,6,16H2,1-2H3. The maximum absolute atomic E-state index is 13.4. The number of nitrogens with zero attached hydrogens (tertiary/aromatic N) is 2. The third-order valence-electron chi connectivity index (χ3n) is 3.16. The third-order valence-corrected chi connectivity index (χ3v) is 3.16. The van der Waals surface area contributed by atoms with E-state index >= 15 is 0 Å². The Labute approximate surface area is 112 Å². The maximum Gasteiger partial charge on any atom is 0.123 e. The van der Waals surface area contributed by atoms with Gasteiger partial charge in [0.05, 0.1) is 12.2 Å². The van der Waals surface area contributed by atoms with E-state index in [2.05, 4.69) is 17.4 Å². The number of rotatable bonds is 5. The van der Waals surface area contributed by atoms with E-state index in [4.69, 9.17) is 5.84 Å². The van der Waals surface area contributed by atoms with Gasteiger partial charge in [0, 0.05) is 18.3 Å². The summed E-state index contributed by atoms with van der Waals surface area (Å²) in [5.74, 6) is 5.37. The second-order valence-corrected chi connectivity index (χ2v) is 4.64. The molecule has 1 heterocycles. The van der Waals surface area contributed by atoms with Gasteiger partial charge in [0.2, 0.25) is 0 Å². The summed E-state index contributed by atoms with van der Waals surface area (Å²) in [4.78, 5) is 0. The molecule has 4 nitrogen and oxygen atoms in total. The van der Waals surface area contributed by atoms with E-state index in [1.54, 1.807) is 12.3 Å². The molecule has 0 fully saturated rings. The van der Waals surface area contributed by atoms with Crippen LogP contribution in [-0.4, -0.2) is 9.78 Å². The minimum atomic E-state index is -0.262. The number of aromatic nitrogens is 2. The van der Waals surface area contributed by atoms with Gasteiger partial charge in [-0.3, -0.25) is 10.5 Å². The highest BCUT2D eigenvalue weighted by molar-refractivity contribution is 5.35. The molecule has 3 N–H and O–H groups in total. The molecule has 1 atom stereocenters. The Morgan fingerprint density at radius 1 is 1.47 bits per heavy atom. The summed E-state index contributed by atoms with van der Waals surface area (Å²) >= 11 is 0. The molecule has 19 heavy (non-hydrogen) atoms. The fraction of sp³-hybridized carbons (Fsp3) is 0.357. The van der Waals surface area contributed by atoms with Gasteiger partial charge in [0.1, 0.15) is 5.82 Å². The monoisotopic (exact) mass is 262 g/mol. The van der Waals surface area contributed by atoms with Crippen LogP contribution in [0, 0.1) is 12.7 Å². The first-order chi connectivity index (χ1) is 9.15. The number of nitrogens with two attached hydrogens (primary N) is 1. The fourth-order valence-corrected chi connectivity index (χ4v) is 2.17. The minimum Gasteiger partial charge on any atom is -0.272 e. The van der Waals surface area contributed by atoms with Crippen LogP contribution in [0.15, 0.2) is 30.6 Å². The van der Waals surface area contributed by atoms with E-state index in [1.807, 2.05) is 17.8 Å². The number of hydrazine groups is 1. The van der Waals surface area contributed by atoms with Crippen molar-refractivity contribution in [3.63, 3.8) is 0 Å². The van der Waals surface area contributed by atoms with Crippen molar-refractivity contribution in [3.05, 3.63) is 53.1 Å². The molecule has 2 aromatic rings. The highest BCUT2D eigenvalue weighted by atomic mass is 19.1. The number of hydrogen-bond donors (Lipinski definition) is 2. The van der Waals surface area contributed by atoms with Gasteiger partial charge in [0.15, 0.2) is 0 Å². The van der Waals surface area contributed by atoms with E-state index < -0.39 is 0 Å². The zero-order chi connectivity index (χ0) is 13.8. The van der Waals surface area contributed by atoms with E-state index in [0.29, 0.717) is 0 Å². The van der Waals surface area contributed by atoms with Crippen molar-refractivity contribution in [1.29, 1.82) is 0 Å². The molecule has 1 aromatic carbocycles. The number of halogens is 1. The summed E-state index contributed by atoms with van der Waals surface area (Å²) in [6.07, 6.45) is 4.73. The van der Waals surface area contributed by atoms with Crippen LogP contribution >= 0.6 is 0 Å². The Morgan fingerprint density at radius 3 is 2.95 bits per heavy atom. The van der Waals surface area contributed by atoms with Gasteiger partial charge < -0.3 is 0 Å². The molecule has 0 radical (unpaired) electrons. The van der Waals surface area contributed by atoms with Crippen LogP contribution in [0.2, 0.25) is 0 Å². The zero-order valence-corrected chi connectivity index (χ0v) is 11.2. The Hall–Kier alpha value is -1.72. The summed E-state index contributed by atoms with van der Waals surface area (Å²) in [5, 5.41) is 4.28. The Balaban J connectivity index is 2.35. The lowest BCUT2D eigenvalue weighted by molar-refractivity contribution is 0.593. The lowest BCUT2D eigenvalue weighted by Crippen LogP contribution is -2.29. The largest absolute Gasteiger partial charge is 0.272 e. The average Bonchev–Trinajstić information content (AvgIpc) is 2.83. The molecule has 0 amide bonds. The van der Waals surface area contributed by atoms with Crippen LogP contribution in [0.3, 0.4) is 0 Å². The van der Waals surface area contributed by atoms with Crippen molar-refractivity contribution in [1.82, 2.24) is 15.2 Å². The molecular formula is C14H19FN4. The first-order valence-electron chi connectivity index (χ1n) is 6.40. The maximum atomic E-state index is 13.4. The van der Waals surface area contributed by atoms with Gasteiger partial charge in [-0.1, -0.05) is 13.0 Å². The topological polar surface area (TPSA) is 55.9 Å². The molecule has 0 aliphatic heterocycles. The van der Waals surface area contributed by atoms with E-state index in [9.17, 15) is 4.39 Å². The van der Waals surface area contributed by atoms with Gasteiger partial charge in [-0.15, -0.1) is 0 Å². The lowest BCUT2D eigenvalue weighted by Gasteiger charge is -2.17. The van der Waals surface area contributed by atoms with Crippen molar-refractivity contribution in [3.8, 4) is 0 Å². The van der Waals surface area contributed by atoms with Crippen molar-refractivity contribution < 1.29 is 4.39 Å². The molecule has 0 saturated carbocycles. The number of benzene rings is 1. The minimum absolute atomic E-state index is 0.249. The molecule has 2 rings (SSSR count). The SMILES string of the molecule is CCCn1cc(C(NN)c2cc(F)ccc2C)cn1. The summed E-state index contributed by atoms with van der Waals surface area (Å²) in [6.45, 7) is 4.89. The normalized spacial score (nSPS) is 12.6. The van der Waals surface area contributed by atoms with Crippen molar-refractivity contribution in [2.45, 2.75) is 32.9 Å². The van der Waals surface area contributed by atoms with E-state index in [-0.39, 0.29) is 11.9 Å². The highest BCUT2D eigenvalue weighted by Crippen LogP contribution is 2.24. The van der Waals surface area contributed by atoms with Crippen LogP contribution in [-0.2, 0) is 6.54 Å². The molecule has 0 aliphatic carbocycles. The first-order valence-corrected chi connectivity index (χ1v) is 6.40. The quantitative estimate of drug-likeness (QED) is 0.642. The predicted molar refractivity (Wildman–Crippen MR) is 72.8 cm³/mol.